The lowest BCUT2D eigenvalue weighted by atomic mass is 10.1. The molecule has 5 atom stereocenters. The molecule has 0 saturated carbocycles. The molecule has 0 heterocycles. The normalized spacial score (nSPS) is 14.8. The maximum atomic E-state index is 13.1. The number of hydrogen-bond acceptors (Lipinski definition) is 15. The van der Waals surface area contributed by atoms with Gasteiger partial charge in [0.15, 0.2) is 12.2 Å². The van der Waals surface area contributed by atoms with Crippen LogP contribution >= 0.6 is 15.6 Å². The highest BCUT2D eigenvalue weighted by molar-refractivity contribution is 7.47. The van der Waals surface area contributed by atoms with Gasteiger partial charge in [-0.3, -0.25) is 37.3 Å². The zero-order valence-corrected chi connectivity index (χ0v) is 66.2. The molecule has 0 spiro atoms. The molecule has 590 valence electrons. The summed E-state index contributed by atoms with van der Waals surface area (Å²) in [4.78, 5) is 73.0. The SMILES string of the molecule is CC/C=C\C/C=C\C/C=C\C/C=C\C/C=C\C/C=C\CCC(=O)OCC(COP(=O)(O)OCC(O)COP(=O)(O)OCC(COC(=O)CCCCCCC/C=C\C/C=C\C/C=C\CC)OC(=O)CCCCCCC/C=C\CCCCCC)OC(=O)CCCCCC/C=C\C/C=C\C/C=C\C/C=C\CC. The van der Waals surface area contributed by atoms with Gasteiger partial charge in [0.1, 0.15) is 19.3 Å². The minimum atomic E-state index is -5.01. The van der Waals surface area contributed by atoms with Crippen molar-refractivity contribution in [2.75, 3.05) is 39.6 Å². The molecule has 104 heavy (non-hydrogen) atoms. The Labute approximate surface area is 629 Å². The second-order valence-corrected chi connectivity index (χ2v) is 28.4. The Hall–Kier alpha value is -5.58. The van der Waals surface area contributed by atoms with Crippen molar-refractivity contribution < 1.29 is 80.2 Å². The molecule has 0 aromatic rings. The standard InChI is InChI=1S/C85H138O17P2/c1-5-9-13-17-21-25-29-33-36-38-39-41-43-47-50-54-58-62-66-70-83(88)96-76-81(102-85(90)72-68-64-60-56-52-48-44-40-37-34-30-26-22-18-14-10-6-2)78-100-104(93,94)98-74-79(86)73-97-103(91,92)99-77-80(101-84(89)71-67-63-59-55-51-45-32-28-24-20-16-12-8-4)75-95-82(87)69-65-61-57-53-49-46-42-35-31-27-23-19-15-11-7-3/h9-11,13-15,21-23,25-28,32-37,39,41-42,44,47-48,50,58,62,79-81,86H,5-8,12,16-20,24,29-31,38,40,43,45-46,49,51-57,59-61,63-78H2,1-4H3,(H,91,92)(H,93,94)/b13-9-,14-10-,15-11-,25-21-,26-22-,27-23-,32-28-,36-33-,37-34-,41-39-,42-35-,48-44-,50-47-,62-58-. The number of esters is 4. The van der Waals surface area contributed by atoms with E-state index in [2.05, 4.69) is 180 Å². The third-order valence-electron chi connectivity index (χ3n) is 15.7. The lowest BCUT2D eigenvalue weighted by Gasteiger charge is -2.21. The molecule has 0 rings (SSSR count). The molecule has 3 N–H and O–H groups in total. The second-order valence-electron chi connectivity index (χ2n) is 25.5. The topological polar surface area (TPSA) is 237 Å². The van der Waals surface area contributed by atoms with Gasteiger partial charge in [-0.15, -0.1) is 0 Å². The fourth-order valence-corrected chi connectivity index (χ4v) is 11.4. The van der Waals surface area contributed by atoms with Gasteiger partial charge in [0.2, 0.25) is 0 Å². The molecular formula is C85H138O17P2. The molecule has 17 nitrogen and oxygen atoms in total. The minimum Gasteiger partial charge on any atom is -0.462 e. The van der Waals surface area contributed by atoms with Crippen LogP contribution in [0.15, 0.2) is 170 Å². The van der Waals surface area contributed by atoms with Crippen molar-refractivity contribution in [1.29, 1.82) is 0 Å². The van der Waals surface area contributed by atoms with E-state index in [0.717, 1.165) is 173 Å². The van der Waals surface area contributed by atoms with Crippen LogP contribution in [0.2, 0.25) is 0 Å². The number of phosphoric ester groups is 2. The summed E-state index contributed by atoms with van der Waals surface area (Å²) in [7, 11) is -10.0. The summed E-state index contributed by atoms with van der Waals surface area (Å²) in [6.07, 6.45) is 89.2. The zero-order valence-electron chi connectivity index (χ0n) is 64.4. The largest absolute Gasteiger partial charge is 0.472 e. The number of phosphoric acid groups is 2. The highest BCUT2D eigenvalue weighted by Gasteiger charge is 2.30. The van der Waals surface area contributed by atoms with Crippen molar-refractivity contribution in [3.8, 4) is 0 Å². The number of aliphatic hydroxyl groups excluding tert-OH is 1. The second kappa shape index (κ2) is 75.6. The highest BCUT2D eigenvalue weighted by atomic mass is 31.2. The van der Waals surface area contributed by atoms with Crippen molar-refractivity contribution in [2.45, 2.75) is 303 Å². The minimum absolute atomic E-state index is 0.0240. The number of carbonyl (C=O) groups excluding carboxylic acids is 4. The first-order valence-corrected chi connectivity index (χ1v) is 42.4. The summed E-state index contributed by atoms with van der Waals surface area (Å²) in [5.41, 5.74) is 0. The van der Waals surface area contributed by atoms with Crippen LogP contribution in [-0.2, 0) is 65.4 Å². The van der Waals surface area contributed by atoms with E-state index in [-0.39, 0.29) is 25.7 Å². The molecule has 0 aromatic heterocycles. The smallest absolute Gasteiger partial charge is 0.462 e. The fourth-order valence-electron chi connectivity index (χ4n) is 9.77. The Balaban J connectivity index is 5.48. The first kappa shape index (κ1) is 98.4. The lowest BCUT2D eigenvalue weighted by Crippen LogP contribution is -2.30. The van der Waals surface area contributed by atoms with E-state index in [1.54, 1.807) is 0 Å². The lowest BCUT2D eigenvalue weighted by molar-refractivity contribution is -0.161. The average Bonchev–Trinajstić information content (AvgIpc) is 0.911. The summed E-state index contributed by atoms with van der Waals surface area (Å²) in [5, 5.41) is 10.6. The third kappa shape index (κ3) is 74.7. The maximum absolute atomic E-state index is 13.1. The van der Waals surface area contributed by atoms with Crippen molar-refractivity contribution in [2.24, 2.45) is 0 Å². The Morgan fingerprint density at radius 3 is 0.837 bits per heavy atom. The van der Waals surface area contributed by atoms with Crippen molar-refractivity contribution in [1.82, 2.24) is 0 Å². The van der Waals surface area contributed by atoms with Gasteiger partial charge in [-0.1, -0.05) is 268 Å². The van der Waals surface area contributed by atoms with Gasteiger partial charge in [-0.25, -0.2) is 9.13 Å². The van der Waals surface area contributed by atoms with Crippen LogP contribution < -0.4 is 0 Å². The van der Waals surface area contributed by atoms with Gasteiger partial charge in [-0.2, -0.15) is 0 Å². The predicted octanol–water partition coefficient (Wildman–Crippen LogP) is 23.0. The summed E-state index contributed by atoms with van der Waals surface area (Å²) in [6.45, 7) is 4.36. The van der Waals surface area contributed by atoms with Gasteiger partial charge in [0.25, 0.3) is 0 Å². The first-order valence-electron chi connectivity index (χ1n) is 39.4. The van der Waals surface area contributed by atoms with Crippen molar-refractivity contribution in [3.63, 3.8) is 0 Å². The Morgan fingerprint density at radius 2 is 0.519 bits per heavy atom. The number of hydrogen-bond donors (Lipinski definition) is 3. The molecular weight excluding hydrogens is 1350 g/mol. The number of allylic oxidation sites excluding steroid dienone is 28. The number of carbonyl (C=O) groups is 4. The van der Waals surface area contributed by atoms with E-state index in [9.17, 15) is 43.2 Å². The summed E-state index contributed by atoms with van der Waals surface area (Å²) in [6, 6.07) is 0. The number of rotatable bonds is 72. The van der Waals surface area contributed by atoms with E-state index in [1.807, 2.05) is 18.2 Å². The first-order chi connectivity index (χ1) is 50.7. The summed E-state index contributed by atoms with van der Waals surface area (Å²) in [5.74, 6) is -2.34. The molecule has 5 unspecified atom stereocenters. The summed E-state index contributed by atoms with van der Waals surface area (Å²) >= 11 is 0. The van der Waals surface area contributed by atoms with E-state index < -0.39 is 97.5 Å². The highest BCUT2D eigenvalue weighted by Crippen LogP contribution is 2.45. The third-order valence-corrected chi connectivity index (χ3v) is 17.6. The van der Waals surface area contributed by atoms with Gasteiger partial charge in [0.05, 0.1) is 26.4 Å². The van der Waals surface area contributed by atoms with E-state index >= 15 is 0 Å². The van der Waals surface area contributed by atoms with Crippen molar-refractivity contribution in [3.05, 3.63) is 170 Å². The maximum Gasteiger partial charge on any atom is 0.472 e. The Kier molecular flexibility index (Phi) is 71.6. The quantitative estimate of drug-likeness (QED) is 0.0169. The van der Waals surface area contributed by atoms with Crippen LogP contribution in [-0.4, -0.2) is 96.7 Å². The van der Waals surface area contributed by atoms with Gasteiger partial charge < -0.3 is 33.8 Å². The fraction of sp³-hybridized carbons (Fsp3) is 0.624. The van der Waals surface area contributed by atoms with Crippen molar-refractivity contribution >= 4 is 39.5 Å². The summed E-state index contributed by atoms with van der Waals surface area (Å²) < 4.78 is 68.5. The monoisotopic (exact) mass is 1490 g/mol. The number of aliphatic hydroxyl groups is 1. The number of ether oxygens (including phenoxy) is 4. The van der Waals surface area contributed by atoms with Gasteiger partial charge in [-0.05, 0) is 161 Å². The van der Waals surface area contributed by atoms with E-state index in [0.29, 0.717) is 32.1 Å². The Bertz CT molecular complexity index is 2640. The molecule has 19 heteroatoms. The van der Waals surface area contributed by atoms with Crippen LogP contribution in [0, 0.1) is 0 Å². The van der Waals surface area contributed by atoms with Gasteiger partial charge >= 0.3 is 39.5 Å². The molecule has 0 fully saturated rings. The van der Waals surface area contributed by atoms with Crippen LogP contribution in [0.5, 0.6) is 0 Å². The average molecular weight is 1490 g/mol. The molecule has 0 saturated heterocycles. The number of unbranched alkanes of at least 4 members (excludes halogenated alkanes) is 18. The predicted molar refractivity (Wildman–Crippen MR) is 426 cm³/mol. The molecule has 0 aliphatic rings. The zero-order chi connectivity index (χ0) is 76.0. The molecule has 0 aliphatic heterocycles. The van der Waals surface area contributed by atoms with Crippen LogP contribution in [0.25, 0.3) is 0 Å². The molecule has 0 aliphatic carbocycles. The van der Waals surface area contributed by atoms with Gasteiger partial charge in [0, 0.05) is 25.7 Å². The van der Waals surface area contributed by atoms with E-state index in [4.69, 9.17) is 37.0 Å². The van der Waals surface area contributed by atoms with Crippen LogP contribution in [0.4, 0.5) is 0 Å². The van der Waals surface area contributed by atoms with Crippen LogP contribution in [0.3, 0.4) is 0 Å². The van der Waals surface area contributed by atoms with E-state index in [1.165, 1.54) is 25.7 Å². The molecule has 0 aromatic carbocycles. The molecule has 0 radical (unpaired) electrons. The van der Waals surface area contributed by atoms with Crippen LogP contribution in [0.1, 0.15) is 285 Å². The molecule has 0 bridgehead atoms. The molecule has 0 amide bonds. The Morgan fingerprint density at radius 1 is 0.279 bits per heavy atom.